The zero-order valence-corrected chi connectivity index (χ0v) is 12.4. The lowest BCUT2D eigenvalue weighted by Gasteiger charge is -2.39. The van der Waals surface area contributed by atoms with Gasteiger partial charge in [-0.05, 0) is 25.2 Å². The number of rotatable bonds is 1. The summed E-state index contributed by atoms with van der Waals surface area (Å²) in [5.74, 6) is -2.53. The molecule has 2 fully saturated rings. The summed E-state index contributed by atoms with van der Waals surface area (Å²) in [5.41, 5.74) is 0. The molecule has 0 aromatic rings. The van der Waals surface area contributed by atoms with Crippen LogP contribution < -0.4 is 0 Å². The summed E-state index contributed by atoms with van der Waals surface area (Å²) in [6.45, 7) is 2.91. The second-order valence-electron chi connectivity index (χ2n) is 6.11. The molecule has 1 saturated heterocycles. The van der Waals surface area contributed by atoms with Gasteiger partial charge in [-0.1, -0.05) is 19.8 Å². The highest BCUT2D eigenvalue weighted by Gasteiger charge is 2.49. The highest BCUT2D eigenvalue weighted by molar-refractivity contribution is 6.20. The summed E-state index contributed by atoms with van der Waals surface area (Å²) in [6.07, 6.45) is -1.88. The number of hydrogen-bond donors (Lipinski definition) is 0. The van der Waals surface area contributed by atoms with E-state index in [0.29, 0.717) is 38.8 Å². The van der Waals surface area contributed by atoms with Gasteiger partial charge in [-0.15, -0.1) is 11.6 Å². The molecule has 1 heterocycles. The van der Waals surface area contributed by atoms with Gasteiger partial charge in [0, 0.05) is 24.4 Å². The van der Waals surface area contributed by atoms with Crippen LogP contribution in [0.3, 0.4) is 0 Å². The molecule has 1 aliphatic heterocycles. The summed E-state index contributed by atoms with van der Waals surface area (Å²) in [5, 5.41) is 0.0174. The molecular weight excluding hydrogens is 291 g/mol. The van der Waals surface area contributed by atoms with Crippen LogP contribution in [0.2, 0.25) is 0 Å². The maximum Gasteiger partial charge on any atom is 0.392 e. The Balaban J connectivity index is 2.06. The molecule has 20 heavy (non-hydrogen) atoms. The van der Waals surface area contributed by atoms with Crippen molar-refractivity contribution < 1.29 is 18.0 Å². The van der Waals surface area contributed by atoms with E-state index in [1.807, 2.05) is 6.92 Å². The number of halogens is 4. The Kier molecular flexibility index (Phi) is 4.88. The SMILES string of the molecule is CC1CN(C(=O)C2CCCCC2C(F)(F)F)CCC1Cl. The van der Waals surface area contributed by atoms with Crippen molar-refractivity contribution in [1.29, 1.82) is 0 Å². The van der Waals surface area contributed by atoms with Crippen LogP contribution >= 0.6 is 11.6 Å². The number of amides is 1. The van der Waals surface area contributed by atoms with E-state index in [2.05, 4.69) is 0 Å². The largest absolute Gasteiger partial charge is 0.392 e. The van der Waals surface area contributed by atoms with Crippen molar-refractivity contribution >= 4 is 17.5 Å². The van der Waals surface area contributed by atoms with Crippen LogP contribution in [0.5, 0.6) is 0 Å². The highest BCUT2D eigenvalue weighted by Crippen LogP contribution is 2.42. The van der Waals surface area contributed by atoms with Crippen LogP contribution in [0.25, 0.3) is 0 Å². The molecular formula is C14H21ClF3NO. The average Bonchev–Trinajstić information content (AvgIpc) is 2.40. The Labute approximate surface area is 122 Å². The van der Waals surface area contributed by atoms with Gasteiger partial charge in [-0.2, -0.15) is 13.2 Å². The van der Waals surface area contributed by atoms with Gasteiger partial charge in [0.1, 0.15) is 0 Å². The maximum absolute atomic E-state index is 13.1. The van der Waals surface area contributed by atoms with Gasteiger partial charge in [-0.3, -0.25) is 4.79 Å². The van der Waals surface area contributed by atoms with Crippen LogP contribution in [0.1, 0.15) is 39.0 Å². The van der Waals surface area contributed by atoms with E-state index in [0.717, 1.165) is 0 Å². The molecule has 0 aromatic heterocycles. The van der Waals surface area contributed by atoms with Gasteiger partial charge >= 0.3 is 6.18 Å². The van der Waals surface area contributed by atoms with Crippen LogP contribution in [-0.4, -0.2) is 35.4 Å². The highest BCUT2D eigenvalue weighted by atomic mass is 35.5. The Morgan fingerprint density at radius 1 is 1.20 bits per heavy atom. The smallest absolute Gasteiger partial charge is 0.342 e. The fraction of sp³-hybridized carbons (Fsp3) is 0.929. The molecule has 4 unspecified atom stereocenters. The maximum atomic E-state index is 13.1. The molecule has 4 atom stereocenters. The van der Waals surface area contributed by atoms with Crippen LogP contribution in [0.4, 0.5) is 13.2 Å². The average molecular weight is 312 g/mol. The van der Waals surface area contributed by atoms with E-state index < -0.39 is 18.0 Å². The van der Waals surface area contributed by atoms with Crippen molar-refractivity contribution in [2.45, 2.75) is 50.6 Å². The van der Waals surface area contributed by atoms with Gasteiger partial charge in [0.15, 0.2) is 0 Å². The lowest BCUT2D eigenvalue weighted by molar-refractivity contribution is -0.201. The van der Waals surface area contributed by atoms with Gasteiger partial charge in [-0.25, -0.2) is 0 Å². The summed E-state index contributed by atoms with van der Waals surface area (Å²) in [6, 6.07) is 0. The van der Waals surface area contributed by atoms with E-state index in [1.54, 1.807) is 4.90 Å². The van der Waals surface area contributed by atoms with Gasteiger partial charge in [0.25, 0.3) is 0 Å². The number of likely N-dealkylation sites (tertiary alicyclic amines) is 1. The lowest BCUT2D eigenvalue weighted by atomic mass is 9.77. The first-order chi connectivity index (χ1) is 9.30. The van der Waals surface area contributed by atoms with E-state index in [-0.39, 0.29) is 23.6 Å². The summed E-state index contributed by atoms with van der Waals surface area (Å²) < 4.78 is 39.2. The standard InChI is InChI=1S/C14H21ClF3NO/c1-9-8-19(7-6-12(9)15)13(20)10-4-2-3-5-11(10)14(16,17)18/h9-12H,2-8H2,1H3. The van der Waals surface area contributed by atoms with Crippen molar-refractivity contribution in [3.05, 3.63) is 0 Å². The third-order valence-electron chi connectivity index (χ3n) is 4.62. The Hall–Kier alpha value is -0.450. The van der Waals surface area contributed by atoms with Crippen LogP contribution in [0, 0.1) is 17.8 Å². The number of nitrogens with zero attached hydrogens (tertiary/aromatic N) is 1. The minimum absolute atomic E-state index is 0.0174. The third-order valence-corrected chi connectivity index (χ3v) is 5.26. The van der Waals surface area contributed by atoms with Crippen molar-refractivity contribution in [2.24, 2.45) is 17.8 Å². The number of carbonyl (C=O) groups excluding carboxylic acids is 1. The van der Waals surface area contributed by atoms with Crippen molar-refractivity contribution in [1.82, 2.24) is 4.90 Å². The summed E-state index contributed by atoms with van der Waals surface area (Å²) in [4.78, 5) is 14.0. The Morgan fingerprint density at radius 3 is 2.45 bits per heavy atom. The van der Waals surface area contributed by atoms with Crippen molar-refractivity contribution in [2.75, 3.05) is 13.1 Å². The monoisotopic (exact) mass is 311 g/mol. The fourth-order valence-electron chi connectivity index (χ4n) is 3.37. The molecule has 116 valence electrons. The molecule has 1 saturated carbocycles. The molecule has 1 amide bonds. The van der Waals surface area contributed by atoms with Gasteiger partial charge < -0.3 is 4.90 Å². The lowest BCUT2D eigenvalue weighted by Crippen LogP contribution is -2.49. The quantitative estimate of drug-likeness (QED) is 0.674. The molecule has 0 aromatic carbocycles. The Bertz CT molecular complexity index is 361. The topological polar surface area (TPSA) is 20.3 Å². The molecule has 0 N–H and O–H groups in total. The predicted octanol–water partition coefficient (Wildman–Crippen LogP) is 3.83. The number of alkyl halides is 4. The first kappa shape index (κ1) is 15.9. The predicted molar refractivity (Wildman–Crippen MR) is 71.5 cm³/mol. The number of piperidine rings is 1. The second kappa shape index (κ2) is 6.12. The van der Waals surface area contributed by atoms with Crippen LogP contribution in [-0.2, 0) is 4.79 Å². The minimum Gasteiger partial charge on any atom is -0.342 e. The summed E-state index contributed by atoms with van der Waals surface area (Å²) >= 11 is 6.11. The molecule has 1 aliphatic carbocycles. The van der Waals surface area contributed by atoms with Gasteiger partial charge in [0.2, 0.25) is 5.91 Å². The number of carbonyl (C=O) groups is 1. The minimum atomic E-state index is -4.27. The Morgan fingerprint density at radius 2 is 1.85 bits per heavy atom. The zero-order valence-electron chi connectivity index (χ0n) is 11.6. The molecule has 0 radical (unpaired) electrons. The van der Waals surface area contributed by atoms with E-state index in [1.165, 1.54) is 0 Å². The van der Waals surface area contributed by atoms with Gasteiger partial charge in [0.05, 0.1) is 5.92 Å². The molecule has 2 aliphatic rings. The van der Waals surface area contributed by atoms with E-state index >= 15 is 0 Å². The first-order valence-electron chi connectivity index (χ1n) is 7.30. The molecule has 2 rings (SSSR count). The molecule has 2 nitrogen and oxygen atoms in total. The first-order valence-corrected chi connectivity index (χ1v) is 7.74. The van der Waals surface area contributed by atoms with E-state index in [4.69, 9.17) is 11.6 Å². The normalized spacial score (nSPS) is 36.0. The van der Waals surface area contributed by atoms with Crippen LogP contribution in [0.15, 0.2) is 0 Å². The number of hydrogen-bond acceptors (Lipinski definition) is 1. The third kappa shape index (κ3) is 3.41. The van der Waals surface area contributed by atoms with E-state index in [9.17, 15) is 18.0 Å². The molecule has 0 spiro atoms. The van der Waals surface area contributed by atoms with Crippen molar-refractivity contribution in [3.63, 3.8) is 0 Å². The van der Waals surface area contributed by atoms with Crippen molar-refractivity contribution in [3.8, 4) is 0 Å². The summed E-state index contributed by atoms with van der Waals surface area (Å²) in [7, 11) is 0. The fourth-order valence-corrected chi connectivity index (χ4v) is 3.55. The molecule has 6 heteroatoms. The molecule has 0 bridgehead atoms. The zero-order chi connectivity index (χ0) is 14.9. The second-order valence-corrected chi connectivity index (χ2v) is 6.67.